The summed E-state index contributed by atoms with van der Waals surface area (Å²) in [6.45, 7) is 1.97. The molecular formula is C25H26ClN3O4S. The Morgan fingerprint density at radius 2 is 1.56 bits per heavy atom. The third-order valence-corrected chi connectivity index (χ3v) is 7.78. The van der Waals surface area contributed by atoms with E-state index in [9.17, 15) is 13.2 Å². The summed E-state index contributed by atoms with van der Waals surface area (Å²) in [6.07, 6.45) is 0. The standard InChI is InChI=1S/C25H26ClN3O4S/c1-33-24-13-12-20(26)18-23(24)29(34(31,32)22-10-6-3-7-11-22)19-25(30)28-16-14-27(15-17-28)21-8-4-2-5-9-21/h2-13,18H,14-17,19H2,1H3. The van der Waals surface area contributed by atoms with Gasteiger partial charge in [0.1, 0.15) is 12.3 Å². The van der Waals surface area contributed by atoms with Gasteiger partial charge >= 0.3 is 0 Å². The average molecular weight is 500 g/mol. The van der Waals surface area contributed by atoms with Crippen molar-refractivity contribution in [2.75, 3.05) is 49.0 Å². The van der Waals surface area contributed by atoms with Gasteiger partial charge in [-0.1, -0.05) is 48.0 Å². The highest BCUT2D eigenvalue weighted by Gasteiger charge is 2.32. The number of amides is 1. The zero-order valence-electron chi connectivity index (χ0n) is 18.8. The van der Waals surface area contributed by atoms with Crippen molar-refractivity contribution >= 4 is 38.9 Å². The maximum atomic E-state index is 13.6. The normalized spacial score (nSPS) is 14.1. The average Bonchev–Trinajstić information content (AvgIpc) is 2.88. The van der Waals surface area contributed by atoms with Crippen LogP contribution in [0.2, 0.25) is 5.02 Å². The minimum Gasteiger partial charge on any atom is -0.495 e. The van der Waals surface area contributed by atoms with E-state index in [0.717, 1.165) is 9.99 Å². The van der Waals surface area contributed by atoms with E-state index in [4.69, 9.17) is 16.3 Å². The molecule has 1 amide bonds. The van der Waals surface area contributed by atoms with E-state index < -0.39 is 10.0 Å². The summed E-state index contributed by atoms with van der Waals surface area (Å²) in [6, 6.07) is 22.7. The summed E-state index contributed by atoms with van der Waals surface area (Å²) in [5, 5.41) is 0.341. The molecule has 4 rings (SSSR count). The number of rotatable bonds is 7. The number of para-hydroxylation sites is 1. The summed E-state index contributed by atoms with van der Waals surface area (Å²) in [4.78, 5) is 17.3. The van der Waals surface area contributed by atoms with Crippen molar-refractivity contribution in [2.24, 2.45) is 0 Å². The van der Waals surface area contributed by atoms with Crippen LogP contribution < -0.4 is 13.9 Å². The van der Waals surface area contributed by atoms with Crippen molar-refractivity contribution in [1.82, 2.24) is 4.90 Å². The molecule has 1 saturated heterocycles. The number of nitrogens with zero attached hydrogens (tertiary/aromatic N) is 3. The second-order valence-electron chi connectivity index (χ2n) is 7.84. The Bertz CT molecular complexity index is 1230. The van der Waals surface area contributed by atoms with Gasteiger partial charge < -0.3 is 14.5 Å². The first-order valence-corrected chi connectivity index (χ1v) is 12.7. The van der Waals surface area contributed by atoms with E-state index in [1.165, 1.54) is 25.3 Å². The highest BCUT2D eigenvalue weighted by atomic mass is 35.5. The van der Waals surface area contributed by atoms with E-state index in [-0.39, 0.29) is 23.0 Å². The molecule has 0 aromatic heterocycles. The Morgan fingerprint density at radius 1 is 0.941 bits per heavy atom. The highest BCUT2D eigenvalue weighted by Crippen LogP contribution is 2.35. The molecule has 1 fully saturated rings. The number of anilines is 2. The van der Waals surface area contributed by atoms with E-state index in [2.05, 4.69) is 4.90 Å². The van der Waals surface area contributed by atoms with Crippen molar-refractivity contribution in [3.63, 3.8) is 0 Å². The van der Waals surface area contributed by atoms with Gasteiger partial charge in [-0.3, -0.25) is 9.10 Å². The van der Waals surface area contributed by atoms with Crippen LogP contribution in [0.4, 0.5) is 11.4 Å². The van der Waals surface area contributed by atoms with Gasteiger partial charge in [0.05, 0.1) is 17.7 Å². The number of ether oxygens (including phenoxy) is 1. The maximum Gasteiger partial charge on any atom is 0.264 e. The lowest BCUT2D eigenvalue weighted by atomic mass is 10.2. The van der Waals surface area contributed by atoms with Gasteiger partial charge in [-0.05, 0) is 42.5 Å². The Kier molecular flexibility index (Phi) is 7.29. The van der Waals surface area contributed by atoms with E-state index in [1.807, 2.05) is 30.3 Å². The zero-order chi connectivity index (χ0) is 24.1. The molecule has 0 bridgehead atoms. The fourth-order valence-electron chi connectivity index (χ4n) is 3.95. The minimum absolute atomic E-state index is 0.0822. The third kappa shape index (κ3) is 5.13. The van der Waals surface area contributed by atoms with Gasteiger partial charge in [-0.2, -0.15) is 0 Å². The maximum absolute atomic E-state index is 13.6. The third-order valence-electron chi connectivity index (χ3n) is 5.77. The first-order chi connectivity index (χ1) is 16.4. The molecule has 0 unspecified atom stereocenters. The first-order valence-electron chi connectivity index (χ1n) is 10.9. The monoisotopic (exact) mass is 499 g/mol. The molecule has 0 radical (unpaired) electrons. The topological polar surface area (TPSA) is 70.2 Å². The first kappa shape index (κ1) is 23.9. The molecule has 1 aliphatic rings. The summed E-state index contributed by atoms with van der Waals surface area (Å²) in [5.74, 6) is 0.0276. The van der Waals surface area contributed by atoms with Gasteiger partial charge in [0, 0.05) is 36.9 Å². The molecular weight excluding hydrogens is 474 g/mol. The number of carbonyl (C=O) groups excluding carboxylic acids is 1. The minimum atomic E-state index is -4.05. The number of hydrogen-bond donors (Lipinski definition) is 0. The Morgan fingerprint density at radius 3 is 2.18 bits per heavy atom. The summed E-state index contributed by atoms with van der Waals surface area (Å²) < 4.78 is 33.7. The lowest BCUT2D eigenvalue weighted by molar-refractivity contribution is -0.129. The molecule has 0 atom stereocenters. The van der Waals surface area contributed by atoms with Gasteiger partial charge in [-0.15, -0.1) is 0 Å². The predicted molar refractivity (Wildman–Crippen MR) is 134 cm³/mol. The van der Waals surface area contributed by atoms with Crippen LogP contribution in [0.1, 0.15) is 0 Å². The number of hydrogen-bond acceptors (Lipinski definition) is 5. The van der Waals surface area contributed by atoms with Crippen molar-refractivity contribution < 1.29 is 17.9 Å². The number of carbonyl (C=O) groups is 1. The summed E-state index contributed by atoms with van der Waals surface area (Å²) in [7, 11) is -2.61. The second-order valence-corrected chi connectivity index (χ2v) is 10.1. The largest absolute Gasteiger partial charge is 0.495 e. The van der Waals surface area contributed by atoms with Crippen LogP contribution in [0.25, 0.3) is 0 Å². The molecule has 178 valence electrons. The fourth-order valence-corrected chi connectivity index (χ4v) is 5.56. The molecule has 0 spiro atoms. The van der Waals surface area contributed by atoms with Crippen LogP contribution in [0, 0.1) is 0 Å². The summed E-state index contributed by atoms with van der Waals surface area (Å²) in [5.41, 5.74) is 1.32. The highest BCUT2D eigenvalue weighted by molar-refractivity contribution is 7.92. The number of halogens is 1. The van der Waals surface area contributed by atoms with Gasteiger partial charge in [-0.25, -0.2) is 8.42 Å². The van der Waals surface area contributed by atoms with Crippen LogP contribution >= 0.6 is 11.6 Å². The smallest absolute Gasteiger partial charge is 0.264 e. The Balaban J connectivity index is 1.59. The van der Waals surface area contributed by atoms with Crippen LogP contribution in [0.15, 0.2) is 83.8 Å². The van der Waals surface area contributed by atoms with Crippen molar-refractivity contribution in [1.29, 1.82) is 0 Å². The molecule has 0 aliphatic carbocycles. The van der Waals surface area contributed by atoms with Crippen LogP contribution in [0.3, 0.4) is 0 Å². The molecule has 9 heteroatoms. The molecule has 0 saturated carbocycles. The molecule has 0 N–H and O–H groups in total. The number of methoxy groups -OCH3 is 1. The van der Waals surface area contributed by atoms with Crippen molar-refractivity contribution in [3.05, 3.63) is 83.9 Å². The molecule has 3 aromatic rings. The Hall–Kier alpha value is -3.23. The quantitative estimate of drug-likeness (QED) is 0.493. The van der Waals surface area contributed by atoms with Crippen molar-refractivity contribution in [3.8, 4) is 5.75 Å². The van der Waals surface area contributed by atoms with E-state index in [0.29, 0.717) is 37.0 Å². The molecule has 3 aromatic carbocycles. The van der Waals surface area contributed by atoms with Crippen LogP contribution in [-0.2, 0) is 14.8 Å². The lowest BCUT2D eigenvalue weighted by Crippen LogP contribution is -2.52. The SMILES string of the molecule is COc1ccc(Cl)cc1N(CC(=O)N1CCN(c2ccccc2)CC1)S(=O)(=O)c1ccccc1. The molecule has 34 heavy (non-hydrogen) atoms. The molecule has 1 aliphatic heterocycles. The van der Waals surface area contributed by atoms with Crippen LogP contribution in [-0.4, -0.2) is 59.1 Å². The van der Waals surface area contributed by atoms with E-state index in [1.54, 1.807) is 35.2 Å². The number of benzene rings is 3. The number of piperazine rings is 1. The Labute approximate surface area is 205 Å². The van der Waals surface area contributed by atoms with Gasteiger partial charge in [0.2, 0.25) is 5.91 Å². The fraction of sp³-hybridized carbons (Fsp3) is 0.240. The van der Waals surface area contributed by atoms with E-state index >= 15 is 0 Å². The van der Waals surface area contributed by atoms with Gasteiger partial charge in [0.15, 0.2) is 0 Å². The second kappa shape index (κ2) is 10.4. The molecule has 1 heterocycles. The zero-order valence-corrected chi connectivity index (χ0v) is 20.4. The van der Waals surface area contributed by atoms with Crippen LogP contribution in [0.5, 0.6) is 5.75 Å². The lowest BCUT2D eigenvalue weighted by Gasteiger charge is -2.37. The predicted octanol–water partition coefficient (Wildman–Crippen LogP) is 3.89. The number of sulfonamides is 1. The summed E-state index contributed by atoms with van der Waals surface area (Å²) >= 11 is 6.20. The molecule has 7 nitrogen and oxygen atoms in total. The van der Waals surface area contributed by atoms with Gasteiger partial charge in [0.25, 0.3) is 10.0 Å². The van der Waals surface area contributed by atoms with Crippen molar-refractivity contribution in [2.45, 2.75) is 4.90 Å².